The minimum atomic E-state index is 0.944. The van der Waals surface area contributed by atoms with Gasteiger partial charge in [-0.15, -0.1) is 0 Å². The average molecular weight is 225 g/mol. The summed E-state index contributed by atoms with van der Waals surface area (Å²) >= 11 is 0. The summed E-state index contributed by atoms with van der Waals surface area (Å²) in [6.45, 7) is 16.6. The molecule has 0 amide bonds. The maximum Gasteiger partial charge on any atom is 0.00384 e. The van der Waals surface area contributed by atoms with Crippen molar-refractivity contribution >= 4 is 0 Å². The quantitative estimate of drug-likeness (QED) is 0.657. The van der Waals surface area contributed by atoms with Crippen molar-refractivity contribution in [2.45, 2.75) is 40.5 Å². The largest absolute Gasteiger partial charge is 0.304 e. The summed E-state index contributed by atoms with van der Waals surface area (Å²) in [6, 6.07) is 0. The summed E-state index contributed by atoms with van der Waals surface area (Å²) in [5.41, 5.74) is 0. The normalized spacial score (nSPS) is 22.5. The van der Waals surface area contributed by atoms with E-state index in [4.69, 9.17) is 0 Å². The first-order valence-electron chi connectivity index (χ1n) is 6.89. The van der Waals surface area contributed by atoms with Gasteiger partial charge in [0, 0.05) is 13.1 Å². The molecule has 0 N–H and O–H groups in total. The minimum Gasteiger partial charge on any atom is -0.304 e. The van der Waals surface area contributed by atoms with Crippen LogP contribution in [0.2, 0.25) is 0 Å². The fraction of sp³-hybridized carbons (Fsp3) is 0.929. The van der Waals surface area contributed by atoms with Crippen molar-refractivity contribution in [3.8, 4) is 0 Å². The fourth-order valence-electron chi connectivity index (χ4n) is 2.64. The molecular weight excluding hydrogens is 196 g/mol. The van der Waals surface area contributed by atoms with E-state index in [1.165, 1.54) is 52.1 Å². The molecule has 1 unspecified atom stereocenters. The molecule has 1 fully saturated rings. The first kappa shape index (κ1) is 14.0. The second kappa shape index (κ2) is 7.29. The molecule has 1 radical (unpaired) electrons. The highest BCUT2D eigenvalue weighted by Crippen LogP contribution is 2.20. The van der Waals surface area contributed by atoms with Gasteiger partial charge in [-0.3, -0.25) is 0 Å². The van der Waals surface area contributed by atoms with Crippen molar-refractivity contribution in [3.63, 3.8) is 0 Å². The first-order chi connectivity index (χ1) is 7.65. The van der Waals surface area contributed by atoms with E-state index >= 15 is 0 Å². The highest BCUT2D eigenvalue weighted by Gasteiger charge is 2.22. The van der Waals surface area contributed by atoms with E-state index in [0.29, 0.717) is 0 Å². The second-order valence-corrected chi connectivity index (χ2v) is 5.41. The van der Waals surface area contributed by atoms with Crippen LogP contribution in [0.15, 0.2) is 0 Å². The molecule has 0 saturated carbocycles. The van der Waals surface area contributed by atoms with Gasteiger partial charge < -0.3 is 9.80 Å². The number of hydrogen-bond acceptors (Lipinski definition) is 2. The van der Waals surface area contributed by atoms with E-state index in [0.717, 1.165) is 5.92 Å². The van der Waals surface area contributed by atoms with E-state index in [1.807, 2.05) is 0 Å². The van der Waals surface area contributed by atoms with Crippen LogP contribution in [0.4, 0.5) is 0 Å². The van der Waals surface area contributed by atoms with Gasteiger partial charge in [-0.1, -0.05) is 27.7 Å². The zero-order chi connectivity index (χ0) is 12.0. The minimum absolute atomic E-state index is 0.944. The molecular formula is C14H29N2. The molecule has 0 spiro atoms. The molecule has 0 aromatic carbocycles. The van der Waals surface area contributed by atoms with Crippen molar-refractivity contribution in [2.75, 3.05) is 39.3 Å². The Hall–Kier alpha value is -0.0800. The van der Waals surface area contributed by atoms with Gasteiger partial charge in [-0.2, -0.15) is 0 Å². The Labute approximate surface area is 102 Å². The predicted molar refractivity (Wildman–Crippen MR) is 71.5 cm³/mol. The molecule has 0 bridgehead atoms. The third kappa shape index (κ3) is 4.84. The Kier molecular flexibility index (Phi) is 6.37. The average Bonchev–Trinajstić information content (AvgIpc) is 2.66. The molecule has 2 heteroatoms. The van der Waals surface area contributed by atoms with Gasteiger partial charge in [0.2, 0.25) is 0 Å². The second-order valence-electron chi connectivity index (χ2n) is 5.41. The van der Waals surface area contributed by atoms with Crippen LogP contribution in [0.3, 0.4) is 0 Å². The van der Waals surface area contributed by atoms with Gasteiger partial charge in [0.05, 0.1) is 0 Å². The Morgan fingerprint density at radius 1 is 1.25 bits per heavy atom. The maximum absolute atomic E-state index is 2.61. The van der Waals surface area contributed by atoms with Crippen molar-refractivity contribution in [3.05, 3.63) is 5.92 Å². The van der Waals surface area contributed by atoms with Gasteiger partial charge in [-0.25, -0.2) is 0 Å². The topological polar surface area (TPSA) is 6.48 Å². The van der Waals surface area contributed by atoms with E-state index < -0.39 is 0 Å². The lowest BCUT2D eigenvalue weighted by Gasteiger charge is -2.21. The molecule has 1 aliphatic rings. The molecule has 0 aromatic rings. The SMILES string of the molecule is CCN(CC)CCC1CCN(C[C](C)C)C1. The van der Waals surface area contributed by atoms with Crippen LogP contribution < -0.4 is 0 Å². The molecule has 2 nitrogen and oxygen atoms in total. The lowest BCUT2D eigenvalue weighted by atomic mass is 10.0. The van der Waals surface area contributed by atoms with E-state index in [1.54, 1.807) is 5.92 Å². The fourth-order valence-corrected chi connectivity index (χ4v) is 2.64. The molecule has 95 valence electrons. The summed E-state index contributed by atoms with van der Waals surface area (Å²) < 4.78 is 0. The predicted octanol–water partition coefficient (Wildman–Crippen LogP) is 2.65. The monoisotopic (exact) mass is 225 g/mol. The summed E-state index contributed by atoms with van der Waals surface area (Å²) in [6.07, 6.45) is 2.80. The van der Waals surface area contributed by atoms with Gasteiger partial charge in [0.15, 0.2) is 0 Å². The molecule has 1 rings (SSSR count). The molecule has 1 saturated heterocycles. The number of likely N-dealkylation sites (tertiary alicyclic amines) is 1. The summed E-state index contributed by atoms with van der Waals surface area (Å²) in [4.78, 5) is 5.15. The van der Waals surface area contributed by atoms with Crippen LogP contribution in [0.5, 0.6) is 0 Å². The molecule has 1 heterocycles. The smallest absolute Gasteiger partial charge is 0.00384 e. The Morgan fingerprint density at radius 3 is 2.50 bits per heavy atom. The number of nitrogens with zero attached hydrogens (tertiary/aromatic N) is 2. The van der Waals surface area contributed by atoms with Gasteiger partial charge in [0.1, 0.15) is 0 Å². The summed E-state index contributed by atoms with van der Waals surface area (Å²) in [5.74, 6) is 2.49. The van der Waals surface area contributed by atoms with Crippen molar-refractivity contribution in [2.24, 2.45) is 5.92 Å². The van der Waals surface area contributed by atoms with E-state index in [9.17, 15) is 0 Å². The highest BCUT2D eigenvalue weighted by atomic mass is 15.2. The molecule has 1 aliphatic heterocycles. The molecule has 0 aromatic heterocycles. The Morgan fingerprint density at radius 2 is 1.94 bits per heavy atom. The Bertz CT molecular complexity index is 176. The first-order valence-corrected chi connectivity index (χ1v) is 6.89. The van der Waals surface area contributed by atoms with Crippen LogP contribution in [-0.4, -0.2) is 49.1 Å². The molecule has 1 atom stereocenters. The highest BCUT2D eigenvalue weighted by molar-refractivity contribution is 4.86. The van der Waals surface area contributed by atoms with Crippen molar-refractivity contribution in [1.29, 1.82) is 0 Å². The van der Waals surface area contributed by atoms with Crippen LogP contribution >= 0.6 is 0 Å². The van der Waals surface area contributed by atoms with Crippen molar-refractivity contribution < 1.29 is 0 Å². The van der Waals surface area contributed by atoms with Gasteiger partial charge in [-0.05, 0) is 50.9 Å². The third-order valence-corrected chi connectivity index (χ3v) is 3.66. The molecule has 16 heavy (non-hydrogen) atoms. The molecule has 0 aliphatic carbocycles. The van der Waals surface area contributed by atoms with Crippen LogP contribution in [0, 0.1) is 11.8 Å². The zero-order valence-electron chi connectivity index (χ0n) is 11.6. The number of hydrogen-bond donors (Lipinski definition) is 0. The summed E-state index contributed by atoms with van der Waals surface area (Å²) in [5, 5.41) is 0. The van der Waals surface area contributed by atoms with Crippen molar-refractivity contribution in [1.82, 2.24) is 9.80 Å². The third-order valence-electron chi connectivity index (χ3n) is 3.66. The number of rotatable bonds is 7. The zero-order valence-corrected chi connectivity index (χ0v) is 11.6. The lowest BCUT2D eigenvalue weighted by Crippen LogP contribution is -2.27. The summed E-state index contributed by atoms with van der Waals surface area (Å²) in [7, 11) is 0. The van der Waals surface area contributed by atoms with E-state index in [2.05, 4.69) is 37.5 Å². The maximum atomic E-state index is 2.61. The van der Waals surface area contributed by atoms with Gasteiger partial charge >= 0.3 is 0 Å². The van der Waals surface area contributed by atoms with Crippen LogP contribution in [0.1, 0.15) is 40.5 Å². The standard InChI is InChI=1S/C14H29N2/c1-5-15(6-2)9-7-14-8-10-16(12-14)11-13(3)4/h14H,5-12H2,1-4H3. The Balaban J connectivity index is 2.16. The van der Waals surface area contributed by atoms with Gasteiger partial charge in [0.25, 0.3) is 0 Å². The van der Waals surface area contributed by atoms with Crippen LogP contribution in [0.25, 0.3) is 0 Å². The van der Waals surface area contributed by atoms with E-state index in [-0.39, 0.29) is 0 Å². The lowest BCUT2D eigenvalue weighted by molar-refractivity contribution is 0.269. The van der Waals surface area contributed by atoms with Crippen LogP contribution in [-0.2, 0) is 0 Å².